The van der Waals surface area contributed by atoms with Crippen molar-refractivity contribution in [2.24, 2.45) is 0 Å². The molecule has 100 valence electrons. The first-order valence-corrected chi connectivity index (χ1v) is 7.50. The highest BCUT2D eigenvalue weighted by Gasteiger charge is 2.11. The molecule has 0 saturated carbocycles. The molecule has 1 nitrogen and oxygen atoms in total. The van der Waals surface area contributed by atoms with Gasteiger partial charge in [0.15, 0.2) is 0 Å². The Kier molecular flexibility index (Phi) is 5.03. The monoisotopic (exact) mass is 337 g/mol. The minimum absolute atomic E-state index is 0.284. The van der Waals surface area contributed by atoms with E-state index in [0.717, 1.165) is 9.50 Å². The molecule has 0 amide bonds. The van der Waals surface area contributed by atoms with Crippen LogP contribution in [0.15, 0.2) is 53.0 Å². The Morgan fingerprint density at radius 1 is 0.947 bits per heavy atom. The van der Waals surface area contributed by atoms with E-state index in [1.54, 1.807) is 0 Å². The lowest BCUT2D eigenvalue weighted by molar-refractivity contribution is 0.494. The van der Waals surface area contributed by atoms with Crippen molar-refractivity contribution in [2.75, 3.05) is 0 Å². The van der Waals surface area contributed by atoms with Gasteiger partial charge in [-0.1, -0.05) is 51.8 Å². The summed E-state index contributed by atoms with van der Waals surface area (Å²) in [6, 6.07) is 16.9. The summed E-state index contributed by atoms with van der Waals surface area (Å²) in [5, 5.41) is 4.37. The molecule has 2 atom stereocenters. The van der Waals surface area contributed by atoms with E-state index >= 15 is 0 Å². The lowest BCUT2D eigenvalue weighted by Crippen LogP contribution is -2.22. The zero-order chi connectivity index (χ0) is 13.8. The van der Waals surface area contributed by atoms with Crippen LogP contribution in [0.3, 0.4) is 0 Å². The summed E-state index contributed by atoms with van der Waals surface area (Å²) in [7, 11) is 0. The highest BCUT2D eigenvalue weighted by molar-refractivity contribution is 9.10. The van der Waals surface area contributed by atoms with Crippen molar-refractivity contribution >= 4 is 27.5 Å². The average Bonchev–Trinajstić information content (AvgIpc) is 2.39. The maximum atomic E-state index is 5.91. The second kappa shape index (κ2) is 6.56. The summed E-state index contributed by atoms with van der Waals surface area (Å²) < 4.78 is 1.11. The molecule has 0 aliphatic heterocycles. The van der Waals surface area contributed by atoms with Crippen molar-refractivity contribution in [2.45, 2.75) is 25.9 Å². The largest absolute Gasteiger partial charge is 0.304 e. The van der Waals surface area contributed by atoms with E-state index in [1.807, 2.05) is 18.2 Å². The molecule has 2 rings (SSSR count). The van der Waals surface area contributed by atoms with E-state index in [4.69, 9.17) is 11.6 Å². The Hall–Kier alpha value is -0.830. The van der Waals surface area contributed by atoms with Gasteiger partial charge in [0.25, 0.3) is 0 Å². The Balaban J connectivity index is 2.06. The molecule has 0 spiro atoms. The Labute approximate surface area is 128 Å². The third kappa shape index (κ3) is 4.07. The van der Waals surface area contributed by atoms with E-state index in [9.17, 15) is 0 Å². The summed E-state index contributed by atoms with van der Waals surface area (Å²) in [6.07, 6.45) is 0. The average molecular weight is 339 g/mol. The third-order valence-electron chi connectivity index (χ3n) is 3.22. The van der Waals surface area contributed by atoms with E-state index in [2.05, 4.69) is 65.4 Å². The molecular weight excluding hydrogens is 322 g/mol. The molecule has 1 unspecified atom stereocenters. The van der Waals surface area contributed by atoms with Crippen LogP contribution in [0, 0.1) is 0 Å². The van der Waals surface area contributed by atoms with Crippen molar-refractivity contribution in [3.63, 3.8) is 0 Å². The fourth-order valence-electron chi connectivity index (χ4n) is 2.09. The minimum Gasteiger partial charge on any atom is -0.304 e. The van der Waals surface area contributed by atoms with Gasteiger partial charge in [-0.25, -0.2) is 0 Å². The molecule has 1 N–H and O–H groups in total. The quantitative estimate of drug-likeness (QED) is 0.774. The summed E-state index contributed by atoms with van der Waals surface area (Å²) in [6.45, 7) is 4.34. The standard InChI is InChI=1S/C16H17BrClN/c1-11(13-6-8-16(18)9-7-13)19-12(2)14-4-3-5-15(17)10-14/h3-12,19H,1-2H3/t11?,12-/m1/s1. The molecule has 0 heterocycles. The Morgan fingerprint density at radius 2 is 1.58 bits per heavy atom. The van der Waals surface area contributed by atoms with Crippen molar-refractivity contribution in [3.8, 4) is 0 Å². The van der Waals surface area contributed by atoms with Gasteiger partial charge in [-0.2, -0.15) is 0 Å². The number of rotatable bonds is 4. The molecule has 2 aromatic carbocycles. The van der Waals surface area contributed by atoms with Crippen molar-refractivity contribution < 1.29 is 0 Å². The van der Waals surface area contributed by atoms with Crippen LogP contribution in [0.4, 0.5) is 0 Å². The van der Waals surface area contributed by atoms with Crippen LogP contribution in [-0.4, -0.2) is 0 Å². The second-order valence-electron chi connectivity index (χ2n) is 4.72. The van der Waals surface area contributed by atoms with E-state index in [1.165, 1.54) is 11.1 Å². The predicted octanol–water partition coefficient (Wildman–Crippen LogP) is 5.51. The van der Waals surface area contributed by atoms with E-state index in [-0.39, 0.29) is 6.04 Å². The zero-order valence-corrected chi connectivity index (χ0v) is 13.4. The summed E-state index contributed by atoms with van der Waals surface area (Å²) in [5.41, 5.74) is 2.52. The van der Waals surface area contributed by atoms with Crippen LogP contribution in [-0.2, 0) is 0 Å². The predicted molar refractivity (Wildman–Crippen MR) is 85.6 cm³/mol. The molecule has 19 heavy (non-hydrogen) atoms. The van der Waals surface area contributed by atoms with Gasteiger partial charge in [0.05, 0.1) is 0 Å². The molecule has 0 radical (unpaired) electrons. The fourth-order valence-corrected chi connectivity index (χ4v) is 2.64. The summed E-state index contributed by atoms with van der Waals surface area (Å²) in [4.78, 5) is 0. The highest BCUT2D eigenvalue weighted by atomic mass is 79.9. The first kappa shape index (κ1) is 14.6. The Bertz CT molecular complexity index is 539. The highest BCUT2D eigenvalue weighted by Crippen LogP contribution is 2.22. The van der Waals surface area contributed by atoms with Gasteiger partial charge in [0.1, 0.15) is 0 Å². The van der Waals surface area contributed by atoms with Crippen LogP contribution in [0.2, 0.25) is 5.02 Å². The topological polar surface area (TPSA) is 12.0 Å². The van der Waals surface area contributed by atoms with Crippen molar-refractivity contribution in [3.05, 3.63) is 69.2 Å². The van der Waals surface area contributed by atoms with Gasteiger partial charge >= 0.3 is 0 Å². The Morgan fingerprint density at radius 3 is 2.21 bits per heavy atom. The van der Waals surface area contributed by atoms with Crippen LogP contribution in [0.25, 0.3) is 0 Å². The number of halogens is 2. The summed E-state index contributed by atoms with van der Waals surface area (Å²) in [5.74, 6) is 0. The van der Waals surface area contributed by atoms with Gasteiger partial charge in [-0.05, 0) is 49.2 Å². The van der Waals surface area contributed by atoms with E-state index in [0.29, 0.717) is 6.04 Å². The number of nitrogens with one attached hydrogen (secondary N) is 1. The smallest absolute Gasteiger partial charge is 0.0406 e. The molecule has 0 aliphatic carbocycles. The van der Waals surface area contributed by atoms with E-state index < -0.39 is 0 Å². The number of hydrogen-bond donors (Lipinski definition) is 1. The second-order valence-corrected chi connectivity index (χ2v) is 6.07. The maximum Gasteiger partial charge on any atom is 0.0406 e. The van der Waals surface area contributed by atoms with Crippen molar-refractivity contribution in [1.82, 2.24) is 5.32 Å². The fraction of sp³-hybridized carbons (Fsp3) is 0.250. The molecule has 0 bridgehead atoms. The van der Waals surface area contributed by atoms with Crippen LogP contribution >= 0.6 is 27.5 Å². The van der Waals surface area contributed by atoms with Gasteiger partial charge in [0, 0.05) is 21.6 Å². The lowest BCUT2D eigenvalue weighted by atomic mass is 10.0. The molecule has 2 aromatic rings. The first-order valence-electron chi connectivity index (χ1n) is 6.33. The molecule has 0 fully saturated rings. The van der Waals surface area contributed by atoms with Gasteiger partial charge < -0.3 is 5.32 Å². The molecular formula is C16H17BrClN. The zero-order valence-electron chi connectivity index (χ0n) is 11.0. The molecule has 3 heteroatoms. The third-order valence-corrected chi connectivity index (χ3v) is 3.96. The first-order chi connectivity index (χ1) is 9.06. The number of benzene rings is 2. The maximum absolute atomic E-state index is 5.91. The van der Waals surface area contributed by atoms with Crippen molar-refractivity contribution in [1.29, 1.82) is 0 Å². The van der Waals surface area contributed by atoms with Crippen LogP contribution in [0.1, 0.15) is 37.1 Å². The SMILES string of the molecule is CC(N[C@H](C)c1cccc(Br)c1)c1ccc(Cl)cc1. The van der Waals surface area contributed by atoms with Gasteiger partial charge in [-0.15, -0.1) is 0 Å². The normalized spacial score (nSPS) is 14.1. The summed E-state index contributed by atoms with van der Waals surface area (Å²) >= 11 is 9.42. The van der Waals surface area contributed by atoms with Gasteiger partial charge in [-0.3, -0.25) is 0 Å². The number of hydrogen-bond acceptors (Lipinski definition) is 1. The lowest BCUT2D eigenvalue weighted by Gasteiger charge is -2.21. The minimum atomic E-state index is 0.284. The van der Waals surface area contributed by atoms with Crippen LogP contribution in [0.5, 0.6) is 0 Å². The molecule has 0 aliphatic rings. The molecule has 0 saturated heterocycles. The van der Waals surface area contributed by atoms with Crippen LogP contribution < -0.4 is 5.32 Å². The molecule has 0 aromatic heterocycles. The van der Waals surface area contributed by atoms with Gasteiger partial charge in [0.2, 0.25) is 0 Å².